The molecule has 0 bridgehead atoms. The lowest BCUT2D eigenvalue weighted by Gasteiger charge is -2.39. The molecule has 1 fully saturated rings. The lowest BCUT2D eigenvalue weighted by molar-refractivity contribution is -0.151. The number of carbonyl (C=O) groups is 1. The Kier molecular flexibility index (Phi) is 3.50. The summed E-state index contributed by atoms with van der Waals surface area (Å²) in [6.07, 6.45) is 2.15. The minimum atomic E-state index is -0.756. The second-order valence-electron chi connectivity index (χ2n) is 4.29. The van der Waals surface area contributed by atoms with E-state index in [0.29, 0.717) is 6.10 Å². The van der Waals surface area contributed by atoms with Crippen molar-refractivity contribution in [3.05, 3.63) is 0 Å². The third kappa shape index (κ3) is 2.25. The van der Waals surface area contributed by atoms with Crippen LogP contribution in [0.1, 0.15) is 26.7 Å². The summed E-state index contributed by atoms with van der Waals surface area (Å²) in [5, 5.41) is 9.04. The molecule has 0 aromatic carbocycles. The zero-order valence-electron chi connectivity index (χ0n) is 9.12. The minimum absolute atomic E-state index is 0.302. The highest BCUT2D eigenvalue weighted by Gasteiger charge is 2.36. The number of hydrogen-bond acceptors (Lipinski definition) is 3. The molecule has 0 atom stereocenters. The van der Waals surface area contributed by atoms with E-state index in [9.17, 15) is 4.79 Å². The summed E-state index contributed by atoms with van der Waals surface area (Å²) >= 11 is 0. The molecule has 1 N–H and O–H groups in total. The molecule has 0 saturated carbocycles. The molecule has 4 heteroatoms. The molecule has 0 aromatic heterocycles. The van der Waals surface area contributed by atoms with Crippen molar-refractivity contribution in [2.45, 2.75) is 38.3 Å². The van der Waals surface area contributed by atoms with Crippen LogP contribution in [0, 0.1) is 0 Å². The number of piperidine rings is 1. The van der Waals surface area contributed by atoms with E-state index < -0.39 is 11.5 Å². The van der Waals surface area contributed by atoms with Crippen LogP contribution in [0.4, 0.5) is 0 Å². The summed E-state index contributed by atoms with van der Waals surface area (Å²) in [5.41, 5.74) is -0.751. The van der Waals surface area contributed by atoms with Gasteiger partial charge in [-0.15, -0.1) is 0 Å². The van der Waals surface area contributed by atoms with Gasteiger partial charge in [0.1, 0.15) is 5.54 Å². The van der Waals surface area contributed by atoms with Crippen molar-refractivity contribution in [3.8, 4) is 0 Å². The quantitative estimate of drug-likeness (QED) is 0.739. The van der Waals surface area contributed by atoms with Crippen molar-refractivity contribution >= 4 is 5.97 Å². The topological polar surface area (TPSA) is 49.8 Å². The van der Waals surface area contributed by atoms with Gasteiger partial charge in [-0.1, -0.05) is 0 Å². The fraction of sp³-hybridized carbons (Fsp3) is 0.900. The molecule has 0 amide bonds. The highest BCUT2D eigenvalue weighted by molar-refractivity contribution is 5.77. The fourth-order valence-electron chi connectivity index (χ4n) is 1.79. The van der Waals surface area contributed by atoms with Gasteiger partial charge < -0.3 is 9.84 Å². The maximum absolute atomic E-state index is 11.0. The van der Waals surface area contributed by atoms with Gasteiger partial charge in [0.2, 0.25) is 0 Å². The molecule has 1 aliphatic heterocycles. The van der Waals surface area contributed by atoms with Crippen molar-refractivity contribution in [3.63, 3.8) is 0 Å². The van der Waals surface area contributed by atoms with Gasteiger partial charge in [0.15, 0.2) is 0 Å². The number of aliphatic carboxylic acids is 1. The molecule has 82 valence electrons. The Morgan fingerprint density at radius 2 is 1.93 bits per heavy atom. The number of carboxylic acids is 1. The molecular weight excluding hydrogens is 182 g/mol. The number of ether oxygens (including phenoxy) is 1. The standard InChI is InChI=1S/C10H19NO3/c1-10(2,9(12)13)11-6-4-8(14-3)5-7-11/h8H,4-7H2,1-3H3,(H,12,13). The first-order chi connectivity index (χ1) is 6.48. The predicted molar refractivity (Wildman–Crippen MR) is 53.3 cm³/mol. The van der Waals surface area contributed by atoms with Crippen molar-refractivity contribution < 1.29 is 14.6 Å². The van der Waals surface area contributed by atoms with E-state index in [-0.39, 0.29) is 0 Å². The number of methoxy groups -OCH3 is 1. The summed E-state index contributed by atoms with van der Waals surface area (Å²) in [6, 6.07) is 0. The molecule has 4 nitrogen and oxygen atoms in total. The van der Waals surface area contributed by atoms with Gasteiger partial charge in [-0.05, 0) is 26.7 Å². The van der Waals surface area contributed by atoms with Crippen molar-refractivity contribution in [1.29, 1.82) is 0 Å². The van der Waals surface area contributed by atoms with Crippen LogP contribution in [0.5, 0.6) is 0 Å². The lowest BCUT2D eigenvalue weighted by atomic mass is 9.98. The van der Waals surface area contributed by atoms with Crippen LogP contribution in [0.3, 0.4) is 0 Å². The van der Waals surface area contributed by atoms with Crippen LogP contribution >= 0.6 is 0 Å². The predicted octanol–water partition coefficient (Wildman–Crippen LogP) is 0.960. The van der Waals surface area contributed by atoms with Crippen LogP contribution in [0.15, 0.2) is 0 Å². The van der Waals surface area contributed by atoms with Gasteiger partial charge in [-0.25, -0.2) is 0 Å². The normalized spacial score (nSPS) is 21.1. The van der Waals surface area contributed by atoms with E-state index in [1.54, 1.807) is 21.0 Å². The summed E-state index contributed by atoms with van der Waals surface area (Å²) < 4.78 is 5.24. The van der Waals surface area contributed by atoms with Gasteiger partial charge in [0.05, 0.1) is 6.10 Å². The van der Waals surface area contributed by atoms with Crippen LogP contribution < -0.4 is 0 Å². The van der Waals surface area contributed by atoms with Gasteiger partial charge in [0.25, 0.3) is 0 Å². The monoisotopic (exact) mass is 201 g/mol. The summed E-state index contributed by atoms with van der Waals surface area (Å²) in [4.78, 5) is 13.0. The van der Waals surface area contributed by atoms with E-state index >= 15 is 0 Å². The molecule has 14 heavy (non-hydrogen) atoms. The zero-order valence-corrected chi connectivity index (χ0v) is 9.12. The molecule has 1 heterocycles. The average molecular weight is 201 g/mol. The summed E-state index contributed by atoms with van der Waals surface area (Å²) in [7, 11) is 1.71. The van der Waals surface area contributed by atoms with E-state index in [1.165, 1.54) is 0 Å². The molecule has 0 aliphatic carbocycles. The number of likely N-dealkylation sites (tertiary alicyclic amines) is 1. The van der Waals surface area contributed by atoms with E-state index in [1.807, 2.05) is 4.90 Å². The van der Waals surface area contributed by atoms with E-state index in [2.05, 4.69) is 0 Å². The average Bonchev–Trinajstić information content (AvgIpc) is 2.17. The largest absolute Gasteiger partial charge is 0.480 e. The highest BCUT2D eigenvalue weighted by atomic mass is 16.5. The molecule has 0 spiro atoms. The Morgan fingerprint density at radius 1 is 1.43 bits per heavy atom. The number of carboxylic acid groups (broad SMARTS) is 1. The maximum Gasteiger partial charge on any atom is 0.323 e. The van der Waals surface area contributed by atoms with Crippen molar-refractivity contribution in [1.82, 2.24) is 4.90 Å². The molecule has 1 saturated heterocycles. The second kappa shape index (κ2) is 4.28. The molecule has 0 unspecified atom stereocenters. The summed E-state index contributed by atoms with van der Waals surface area (Å²) in [5.74, 6) is -0.756. The first-order valence-electron chi connectivity index (χ1n) is 4.99. The molecule has 0 aromatic rings. The maximum atomic E-state index is 11.0. The zero-order chi connectivity index (χ0) is 10.8. The van der Waals surface area contributed by atoms with Gasteiger partial charge >= 0.3 is 5.97 Å². The number of nitrogens with zero attached hydrogens (tertiary/aromatic N) is 1. The fourth-order valence-corrected chi connectivity index (χ4v) is 1.79. The first-order valence-corrected chi connectivity index (χ1v) is 4.99. The Bertz CT molecular complexity index is 207. The van der Waals surface area contributed by atoms with E-state index in [0.717, 1.165) is 25.9 Å². The van der Waals surface area contributed by atoms with Crippen molar-refractivity contribution in [2.24, 2.45) is 0 Å². The van der Waals surface area contributed by atoms with Crippen LogP contribution in [-0.4, -0.2) is 47.8 Å². The van der Waals surface area contributed by atoms with Gasteiger partial charge in [-0.2, -0.15) is 0 Å². The Hall–Kier alpha value is -0.610. The lowest BCUT2D eigenvalue weighted by Crippen LogP contribution is -2.53. The summed E-state index contributed by atoms with van der Waals surface area (Å²) in [6.45, 7) is 5.11. The van der Waals surface area contributed by atoms with Gasteiger partial charge in [-0.3, -0.25) is 9.69 Å². The molecular formula is C10H19NO3. The minimum Gasteiger partial charge on any atom is -0.480 e. The number of rotatable bonds is 3. The Balaban J connectivity index is 2.53. The third-order valence-electron chi connectivity index (χ3n) is 3.09. The molecule has 1 aliphatic rings. The Morgan fingerprint density at radius 3 is 2.29 bits per heavy atom. The van der Waals surface area contributed by atoms with Crippen molar-refractivity contribution in [2.75, 3.05) is 20.2 Å². The smallest absolute Gasteiger partial charge is 0.323 e. The SMILES string of the molecule is COC1CCN(C(C)(C)C(=O)O)CC1. The molecule has 0 radical (unpaired) electrons. The van der Waals surface area contributed by atoms with Gasteiger partial charge in [0, 0.05) is 20.2 Å². The third-order valence-corrected chi connectivity index (χ3v) is 3.09. The molecule has 1 rings (SSSR count). The number of hydrogen-bond donors (Lipinski definition) is 1. The second-order valence-corrected chi connectivity index (χ2v) is 4.29. The highest BCUT2D eigenvalue weighted by Crippen LogP contribution is 2.21. The van der Waals surface area contributed by atoms with Crippen LogP contribution in [-0.2, 0) is 9.53 Å². The van der Waals surface area contributed by atoms with Crippen LogP contribution in [0.2, 0.25) is 0 Å². The van der Waals surface area contributed by atoms with E-state index in [4.69, 9.17) is 9.84 Å². The first kappa shape index (κ1) is 11.5. The van der Waals surface area contributed by atoms with Crippen LogP contribution in [0.25, 0.3) is 0 Å². The Labute approximate surface area is 84.8 Å².